The van der Waals surface area contributed by atoms with Gasteiger partial charge in [-0.25, -0.2) is 0 Å². The molecule has 1 atom stereocenters. The summed E-state index contributed by atoms with van der Waals surface area (Å²) in [7, 11) is 0. The Labute approximate surface area is 247 Å². The molecular formula is C37H73NO. The van der Waals surface area contributed by atoms with E-state index in [0.717, 1.165) is 31.8 Å². The Morgan fingerprint density at radius 3 is 1.08 bits per heavy atom. The number of nitrogens with zero attached hydrogens (tertiary/aromatic N) is 1. The van der Waals surface area contributed by atoms with Crippen molar-refractivity contribution in [3.63, 3.8) is 0 Å². The fourth-order valence-electron chi connectivity index (χ4n) is 6.34. The van der Waals surface area contributed by atoms with Crippen molar-refractivity contribution in [1.82, 2.24) is 4.90 Å². The van der Waals surface area contributed by atoms with Gasteiger partial charge in [0.2, 0.25) is 5.91 Å². The van der Waals surface area contributed by atoms with Crippen LogP contribution in [0.3, 0.4) is 0 Å². The molecule has 1 aliphatic rings. The van der Waals surface area contributed by atoms with Crippen LogP contribution in [0.2, 0.25) is 0 Å². The van der Waals surface area contributed by atoms with Crippen LogP contribution in [0.1, 0.15) is 213 Å². The highest BCUT2D eigenvalue weighted by molar-refractivity contribution is 5.76. The highest BCUT2D eigenvalue weighted by Crippen LogP contribution is 2.18. The van der Waals surface area contributed by atoms with Crippen molar-refractivity contribution in [2.45, 2.75) is 213 Å². The molecule has 1 fully saturated rings. The third kappa shape index (κ3) is 24.9. The van der Waals surface area contributed by atoms with Crippen molar-refractivity contribution in [1.29, 1.82) is 0 Å². The lowest BCUT2D eigenvalue weighted by atomic mass is 9.99. The highest BCUT2D eigenvalue weighted by Gasteiger charge is 2.16. The highest BCUT2D eigenvalue weighted by atomic mass is 16.2. The Kier molecular flexibility index (Phi) is 27.1. The number of likely N-dealkylation sites (tertiary alicyclic amines) is 1. The lowest BCUT2D eigenvalue weighted by Crippen LogP contribution is -2.27. The van der Waals surface area contributed by atoms with Crippen LogP contribution in [0.25, 0.3) is 0 Å². The number of unbranched alkanes of at least 4 members (excludes halogenated alkanes) is 25. The van der Waals surface area contributed by atoms with Gasteiger partial charge < -0.3 is 4.90 Å². The Balaban J connectivity index is 1.63. The summed E-state index contributed by atoms with van der Waals surface area (Å²) in [5.41, 5.74) is 0. The predicted octanol–water partition coefficient (Wildman–Crippen LogP) is 12.6. The van der Waals surface area contributed by atoms with Gasteiger partial charge in [-0.05, 0) is 25.2 Å². The van der Waals surface area contributed by atoms with E-state index in [1.54, 1.807) is 0 Å². The molecule has 2 nitrogen and oxygen atoms in total. The van der Waals surface area contributed by atoms with Crippen LogP contribution in [-0.2, 0) is 4.79 Å². The molecular weight excluding hydrogens is 474 g/mol. The minimum Gasteiger partial charge on any atom is -0.343 e. The summed E-state index contributed by atoms with van der Waals surface area (Å²) in [4.78, 5) is 14.1. The number of carbonyl (C=O) groups is 1. The van der Waals surface area contributed by atoms with Gasteiger partial charge in [0.05, 0.1) is 0 Å². The zero-order valence-electron chi connectivity index (χ0n) is 27.3. The molecule has 1 unspecified atom stereocenters. The molecule has 1 amide bonds. The first kappa shape index (κ1) is 36.5. The summed E-state index contributed by atoms with van der Waals surface area (Å²) in [5, 5.41) is 0. The van der Waals surface area contributed by atoms with Gasteiger partial charge in [-0.3, -0.25) is 4.79 Å². The minimum atomic E-state index is 0.410. The minimum absolute atomic E-state index is 0.410. The number of hydrogen-bond acceptors (Lipinski definition) is 1. The van der Waals surface area contributed by atoms with Crippen LogP contribution in [0.15, 0.2) is 0 Å². The zero-order chi connectivity index (χ0) is 28.1. The Hall–Kier alpha value is -0.530. The van der Waals surface area contributed by atoms with Crippen LogP contribution < -0.4 is 0 Å². The molecule has 0 bridgehead atoms. The lowest BCUT2D eigenvalue weighted by Gasteiger charge is -2.14. The molecule has 0 aromatic rings. The summed E-state index contributed by atoms with van der Waals surface area (Å²) in [6.45, 7) is 6.75. The first-order chi connectivity index (χ1) is 19.2. The van der Waals surface area contributed by atoms with Gasteiger partial charge in [0, 0.05) is 19.5 Å². The molecule has 1 saturated heterocycles. The van der Waals surface area contributed by atoms with Gasteiger partial charge in [0.25, 0.3) is 0 Å². The standard InChI is InChI=1S/C37H73NO/c1-3-36(2)32-28-26-24-22-20-18-16-14-12-10-8-6-4-5-7-9-11-13-15-17-19-21-23-25-27-29-33-37(39)38-34-30-31-35-38/h36H,3-35H2,1-2H3. The fraction of sp³-hybridized carbons (Fsp3) is 0.973. The molecule has 0 saturated carbocycles. The normalized spacial score (nSPS) is 14.4. The van der Waals surface area contributed by atoms with Gasteiger partial charge in [0.1, 0.15) is 0 Å². The molecule has 0 radical (unpaired) electrons. The second kappa shape index (κ2) is 29.0. The van der Waals surface area contributed by atoms with Crippen molar-refractivity contribution in [2.75, 3.05) is 13.1 Å². The molecule has 1 aliphatic heterocycles. The first-order valence-corrected chi connectivity index (χ1v) is 18.5. The van der Waals surface area contributed by atoms with Crippen molar-refractivity contribution in [2.24, 2.45) is 5.92 Å². The van der Waals surface area contributed by atoms with E-state index in [-0.39, 0.29) is 0 Å². The summed E-state index contributed by atoms with van der Waals surface area (Å²) in [5.74, 6) is 1.35. The SMILES string of the molecule is CCC(C)CCCCCCCCCCCCCCCCCCCCCCCCCCCCC(=O)N1CCCC1. The second-order valence-corrected chi connectivity index (χ2v) is 13.3. The summed E-state index contributed by atoms with van der Waals surface area (Å²) >= 11 is 0. The van der Waals surface area contributed by atoms with Crippen molar-refractivity contribution >= 4 is 5.91 Å². The largest absolute Gasteiger partial charge is 0.343 e. The maximum absolute atomic E-state index is 12.0. The first-order valence-electron chi connectivity index (χ1n) is 18.5. The van der Waals surface area contributed by atoms with Gasteiger partial charge in [-0.15, -0.1) is 0 Å². The van der Waals surface area contributed by atoms with Gasteiger partial charge in [-0.2, -0.15) is 0 Å². The van der Waals surface area contributed by atoms with E-state index >= 15 is 0 Å². The Morgan fingerprint density at radius 2 is 0.769 bits per heavy atom. The molecule has 0 aliphatic carbocycles. The van der Waals surface area contributed by atoms with E-state index < -0.39 is 0 Å². The quantitative estimate of drug-likeness (QED) is 0.0819. The number of amides is 1. The molecule has 2 heteroatoms. The van der Waals surface area contributed by atoms with Gasteiger partial charge in [-0.1, -0.05) is 187 Å². The van der Waals surface area contributed by atoms with E-state index in [9.17, 15) is 4.79 Å². The second-order valence-electron chi connectivity index (χ2n) is 13.3. The third-order valence-corrected chi connectivity index (χ3v) is 9.49. The lowest BCUT2D eigenvalue weighted by molar-refractivity contribution is -0.130. The summed E-state index contributed by atoms with van der Waals surface area (Å²) in [6, 6.07) is 0. The van der Waals surface area contributed by atoms with Crippen molar-refractivity contribution in [3.05, 3.63) is 0 Å². The average Bonchev–Trinajstić information content (AvgIpc) is 3.49. The van der Waals surface area contributed by atoms with E-state index in [1.807, 2.05) is 0 Å². The van der Waals surface area contributed by atoms with Crippen LogP contribution >= 0.6 is 0 Å². The molecule has 39 heavy (non-hydrogen) atoms. The molecule has 232 valence electrons. The molecule has 0 N–H and O–H groups in total. The van der Waals surface area contributed by atoms with Crippen molar-refractivity contribution < 1.29 is 4.79 Å². The maximum Gasteiger partial charge on any atom is 0.222 e. The van der Waals surface area contributed by atoms with E-state index in [0.29, 0.717) is 5.91 Å². The summed E-state index contributed by atoms with van der Waals surface area (Å²) in [6.07, 6.45) is 43.3. The van der Waals surface area contributed by atoms with Crippen LogP contribution in [0.5, 0.6) is 0 Å². The van der Waals surface area contributed by atoms with Crippen LogP contribution in [0, 0.1) is 5.92 Å². The average molecular weight is 548 g/mol. The Bertz CT molecular complexity index is 498. The van der Waals surface area contributed by atoms with Crippen LogP contribution in [-0.4, -0.2) is 23.9 Å². The third-order valence-electron chi connectivity index (χ3n) is 9.49. The molecule has 1 heterocycles. The van der Waals surface area contributed by atoms with Crippen LogP contribution in [0.4, 0.5) is 0 Å². The predicted molar refractivity (Wildman–Crippen MR) is 175 cm³/mol. The Morgan fingerprint density at radius 1 is 0.487 bits per heavy atom. The zero-order valence-corrected chi connectivity index (χ0v) is 27.3. The molecule has 0 aromatic heterocycles. The molecule has 0 aromatic carbocycles. The summed E-state index contributed by atoms with van der Waals surface area (Å²) < 4.78 is 0. The number of hydrogen-bond donors (Lipinski definition) is 0. The number of carbonyl (C=O) groups excluding carboxylic acids is 1. The molecule has 1 rings (SSSR count). The smallest absolute Gasteiger partial charge is 0.222 e. The van der Waals surface area contributed by atoms with Gasteiger partial charge >= 0.3 is 0 Å². The fourth-order valence-corrected chi connectivity index (χ4v) is 6.34. The van der Waals surface area contributed by atoms with E-state index in [4.69, 9.17) is 0 Å². The van der Waals surface area contributed by atoms with E-state index in [1.165, 1.54) is 186 Å². The van der Waals surface area contributed by atoms with Gasteiger partial charge in [0.15, 0.2) is 0 Å². The maximum atomic E-state index is 12.0. The monoisotopic (exact) mass is 548 g/mol. The topological polar surface area (TPSA) is 20.3 Å². The molecule has 0 spiro atoms. The number of rotatable bonds is 30. The van der Waals surface area contributed by atoms with E-state index in [2.05, 4.69) is 18.7 Å². The van der Waals surface area contributed by atoms with Crippen molar-refractivity contribution in [3.8, 4) is 0 Å².